The second-order valence-electron chi connectivity index (χ2n) is 8.44. The number of nitrogens with one attached hydrogen (secondary N) is 3. The summed E-state index contributed by atoms with van der Waals surface area (Å²) in [6.07, 6.45) is 4.16. The van der Waals surface area contributed by atoms with Crippen molar-refractivity contribution in [1.82, 2.24) is 31.1 Å². The van der Waals surface area contributed by atoms with Gasteiger partial charge in [0, 0.05) is 18.9 Å². The van der Waals surface area contributed by atoms with Crippen LogP contribution in [0.1, 0.15) is 23.6 Å². The van der Waals surface area contributed by atoms with E-state index in [4.69, 9.17) is 9.47 Å². The van der Waals surface area contributed by atoms with E-state index in [1.807, 2.05) is 59.7 Å². The molecule has 2 aromatic carbocycles. The van der Waals surface area contributed by atoms with Gasteiger partial charge < -0.3 is 19.8 Å². The van der Waals surface area contributed by atoms with Crippen molar-refractivity contribution in [3.8, 4) is 11.5 Å². The lowest BCUT2D eigenvalue weighted by atomic mass is 10.00. The molecule has 0 radical (unpaired) electrons. The Balaban J connectivity index is 1.18. The van der Waals surface area contributed by atoms with E-state index >= 15 is 0 Å². The third-order valence-corrected chi connectivity index (χ3v) is 6.40. The van der Waals surface area contributed by atoms with Crippen LogP contribution in [0.15, 0.2) is 60.9 Å². The summed E-state index contributed by atoms with van der Waals surface area (Å²) in [4.78, 5) is 27.1. The SMILES string of the molecule is COc1ccc(CNC(=O)CN2NC3C4CC(c5ccc(OC)cc5)NN4C=CN3C2=O)cc1. The van der Waals surface area contributed by atoms with Gasteiger partial charge in [-0.05, 0) is 41.8 Å². The molecule has 2 aromatic rings. The number of carbonyl (C=O) groups excluding carboxylic acids is 2. The highest BCUT2D eigenvalue weighted by atomic mass is 16.5. The van der Waals surface area contributed by atoms with Crippen LogP contribution < -0.4 is 25.6 Å². The Hall–Kier alpha value is -3.76. The fraction of sp³-hybridized carbons (Fsp3) is 0.333. The highest BCUT2D eigenvalue weighted by molar-refractivity contribution is 5.85. The molecular weight excluding hydrogens is 436 g/mol. The molecule has 0 aliphatic carbocycles. The molecule has 3 heterocycles. The Labute approximate surface area is 198 Å². The Morgan fingerprint density at radius 3 is 2.35 bits per heavy atom. The summed E-state index contributed by atoms with van der Waals surface area (Å²) in [7, 11) is 3.26. The quantitative estimate of drug-likeness (QED) is 0.574. The fourth-order valence-electron chi connectivity index (χ4n) is 4.53. The monoisotopic (exact) mass is 464 g/mol. The lowest BCUT2D eigenvalue weighted by Gasteiger charge is -2.34. The minimum atomic E-state index is -0.261. The standard InChI is InChI=1S/C24H28N6O4/c1-33-18-7-3-16(4-8-18)14-25-22(31)15-30-24(32)28-11-12-29-21(23(28)27-30)13-20(26-29)17-5-9-19(34-2)10-6-17/h3-12,20-21,23,26-27H,13-15H2,1-2H3,(H,25,31). The number of benzene rings is 2. The highest BCUT2D eigenvalue weighted by Crippen LogP contribution is 2.35. The minimum absolute atomic E-state index is 0.0217. The maximum atomic E-state index is 12.9. The first-order chi connectivity index (χ1) is 16.6. The van der Waals surface area contributed by atoms with Gasteiger partial charge in [-0.15, -0.1) is 0 Å². The number of urea groups is 1. The van der Waals surface area contributed by atoms with Crippen LogP contribution in [0.25, 0.3) is 0 Å². The number of hydrogen-bond acceptors (Lipinski definition) is 7. The Bertz CT molecular complexity index is 1070. The van der Waals surface area contributed by atoms with Crippen LogP contribution in [-0.4, -0.2) is 59.8 Å². The van der Waals surface area contributed by atoms with Gasteiger partial charge in [0.15, 0.2) is 0 Å². The second kappa shape index (κ2) is 9.24. The van der Waals surface area contributed by atoms with Gasteiger partial charge in [-0.25, -0.2) is 20.7 Å². The van der Waals surface area contributed by atoms with E-state index in [0.717, 1.165) is 29.0 Å². The predicted molar refractivity (Wildman–Crippen MR) is 124 cm³/mol. The number of ether oxygens (including phenoxy) is 2. The predicted octanol–water partition coefficient (Wildman–Crippen LogP) is 1.69. The summed E-state index contributed by atoms with van der Waals surface area (Å²) in [5.74, 6) is 1.34. The summed E-state index contributed by atoms with van der Waals surface area (Å²) in [6, 6.07) is 15.3. The van der Waals surface area contributed by atoms with Crippen molar-refractivity contribution in [3.63, 3.8) is 0 Å². The number of rotatable bonds is 7. The lowest BCUT2D eigenvalue weighted by molar-refractivity contribution is -0.122. The lowest BCUT2D eigenvalue weighted by Crippen LogP contribution is -2.54. The second-order valence-corrected chi connectivity index (χ2v) is 8.44. The van der Waals surface area contributed by atoms with E-state index in [1.165, 1.54) is 5.01 Å². The number of amides is 3. The van der Waals surface area contributed by atoms with Crippen molar-refractivity contribution in [3.05, 3.63) is 72.1 Å². The zero-order valence-electron chi connectivity index (χ0n) is 19.1. The molecule has 0 bridgehead atoms. The summed E-state index contributed by atoms with van der Waals surface area (Å²) < 4.78 is 10.4. The van der Waals surface area contributed by atoms with Gasteiger partial charge in [0.05, 0.1) is 26.3 Å². The van der Waals surface area contributed by atoms with E-state index in [0.29, 0.717) is 6.54 Å². The van der Waals surface area contributed by atoms with Crippen LogP contribution in [0.2, 0.25) is 0 Å². The molecule has 178 valence electrons. The topological polar surface area (TPSA) is 98.4 Å². The molecular formula is C24H28N6O4. The van der Waals surface area contributed by atoms with Crippen LogP contribution in [0.3, 0.4) is 0 Å². The van der Waals surface area contributed by atoms with Crippen molar-refractivity contribution in [2.45, 2.75) is 31.2 Å². The van der Waals surface area contributed by atoms with Gasteiger partial charge in [0.25, 0.3) is 0 Å². The summed E-state index contributed by atoms with van der Waals surface area (Å²) in [5.41, 5.74) is 8.82. The fourth-order valence-corrected chi connectivity index (χ4v) is 4.53. The van der Waals surface area contributed by atoms with Crippen molar-refractivity contribution < 1.29 is 19.1 Å². The van der Waals surface area contributed by atoms with Crippen molar-refractivity contribution in [1.29, 1.82) is 0 Å². The van der Waals surface area contributed by atoms with E-state index in [9.17, 15) is 9.59 Å². The molecule has 34 heavy (non-hydrogen) atoms. The number of methoxy groups -OCH3 is 2. The van der Waals surface area contributed by atoms with Crippen LogP contribution in [0, 0.1) is 0 Å². The molecule has 3 aliphatic heterocycles. The Kier molecular flexibility index (Phi) is 5.99. The van der Waals surface area contributed by atoms with Gasteiger partial charge >= 0.3 is 6.03 Å². The van der Waals surface area contributed by atoms with Gasteiger partial charge in [-0.3, -0.25) is 9.69 Å². The van der Waals surface area contributed by atoms with Gasteiger partial charge in [-0.1, -0.05) is 24.3 Å². The maximum Gasteiger partial charge on any atom is 0.340 e. The Morgan fingerprint density at radius 1 is 1.00 bits per heavy atom. The molecule has 0 aromatic heterocycles. The van der Waals surface area contributed by atoms with Gasteiger partial charge in [0.1, 0.15) is 24.2 Å². The summed E-state index contributed by atoms with van der Waals surface area (Å²) in [6.45, 7) is 0.305. The van der Waals surface area contributed by atoms with Crippen LogP contribution in [0.4, 0.5) is 4.79 Å². The molecule has 0 saturated carbocycles. The average molecular weight is 465 g/mol. The minimum Gasteiger partial charge on any atom is -0.497 e. The van der Waals surface area contributed by atoms with E-state index in [1.54, 1.807) is 25.3 Å². The molecule has 0 spiro atoms. The van der Waals surface area contributed by atoms with E-state index in [-0.39, 0.29) is 36.7 Å². The molecule has 10 nitrogen and oxygen atoms in total. The summed E-state index contributed by atoms with van der Waals surface area (Å²) in [5, 5.41) is 6.28. The first kappa shape index (κ1) is 22.1. The zero-order chi connectivity index (χ0) is 23.7. The first-order valence-corrected chi connectivity index (χ1v) is 11.2. The molecule has 10 heteroatoms. The smallest absolute Gasteiger partial charge is 0.340 e. The zero-order valence-corrected chi connectivity index (χ0v) is 19.1. The summed E-state index contributed by atoms with van der Waals surface area (Å²) >= 11 is 0. The van der Waals surface area contributed by atoms with Crippen molar-refractivity contribution in [2.75, 3.05) is 20.8 Å². The number of nitrogens with zero attached hydrogens (tertiary/aromatic N) is 3. The average Bonchev–Trinajstić information content (AvgIpc) is 3.44. The molecule has 5 rings (SSSR count). The largest absolute Gasteiger partial charge is 0.497 e. The van der Waals surface area contributed by atoms with Crippen LogP contribution in [0.5, 0.6) is 11.5 Å². The maximum absolute atomic E-state index is 12.9. The van der Waals surface area contributed by atoms with E-state index in [2.05, 4.69) is 16.2 Å². The number of fused-ring (bicyclic) bond motifs is 3. The third-order valence-electron chi connectivity index (χ3n) is 6.40. The van der Waals surface area contributed by atoms with Gasteiger partial charge in [0.2, 0.25) is 5.91 Å². The van der Waals surface area contributed by atoms with Crippen molar-refractivity contribution >= 4 is 11.9 Å². The molecule has 3 atom stereocenters. The molecule has 2 saturated heterocycles. The van der Waals surface area contributed by atoms with Crippen molar-refractivity contribution in [2.24, 2.45) is 0 Å². The van der Waals surface area contributed by atoms with E-state index < -0.39 is 0 Å². The highest BCUT2D eigenvalue weighted by Gasteiger charge is 2.48. The van der Waals surface area contributed by atoms with Crippen LogP contribution >= 0.6 is 0 Å². The molecule has 2 fully saturated rings. The van der Waals surface area contributed by atoms with Crippen LogP contribution in [-0.2, 0) is 11.3 Å². The normalized spacial score (nSPS) is 23.1. The molecule has 3 aliphatic rings. The molecule has 3 N–H and O–H groups in total. The third kappa shape index (κ3) is 4.25. The molecule has 3 unspecified atom stereocenters. The van der Waals surface area contributed by atoms with Gasteiger partial charge in [-0.2, -0.15) is 0 Å². The molecule has 3 amide bonds. The Morgan fingerprint density at radius 2 is 1.68 bits per heavy atom. The number of hydrazine groups is 2. The first-order valence-electron chi connectivity index (χ1n) is 11.2. The number of carbonyl (C=O) groups is 2. The number of hydrogen-bond donors (Lipinski definition) is 3.